The maximum Gasteiger partial charge on any atom is 0.0462 e. The number of para-hydroxylation sites is 4. The van der Waals surface area contributed by atoms with E-state index in [4.69, 9.17) is 0 Å². The molecule has 0 aromatic heterocycles. The first kappa shape index (κ1) is 37.1. The van der Waals surface area contributed by atoms with E-state index in [0.29, 0.717) is 0 Å². The maximum absolute atomic E-state index is 2.28. The van der Waals surface area contributed by atoms with Gasteiger partial charge < -0.3 is 9.80 Å². The third-order valence-corrected chi connectivity index (χ3v) is 6.64. The highest BCUT2D eigenvalue weighted by atomic mass is 15.1. The Morgan fingerprint density at radius 2 is 0.413 bits per heavy atom. The molecule has 0 unspecified atom stereocenters. The summed E-state index contributed by atoms with van der Waals surface area (Å²) in [5.74, 6) is 0. The molecular formula is C44H60N2. The quantitative estimate of drug-likeness (QED) is 0.175. The van der Waals surface area contributed by atoms with Crippen molar-refractivity contribution in [2.45, 2.75) is 55.4 Å². The van der Waals surface area contributed by atoms with Gasteiger partial charge in [0.25, 0.3) is 0 Å². The van der Waals surface area contributed by atoms with Crippen LogP contribution in [0.15, 0.2) is 170 Å². The van der Waals surface area contributed by atoms with Gasteiger partial charge in [-0.1, -0.05) is 152 Å². The van der Waals surface area contributed by atoms with Gasteiger partial charge >= 0.3 is 0 Å². The summed E-state index contributed by atoms with van der Waals surface area (Å²) in [6, 6.07) is 59.6. The van der Waals surface area contributed by atoms with Crippen molar-refractivity contribution in [1.82, 2.24) is 0 Å². The smallest absolute Gasteiger partial charge is 0.0462 e. The van der Waals surface area contributed by atoms with E-state index in [0.717, 1.165) is 34.1 Å². The molecule has 2 heteroatoms. The van der Waals surface area contributed by atoms with Gasteiger partial charge in [0.2, 0.25) is 0 Å². The van der Waals surface area contributed by atoms with Crippen molar-refractivity contribution in [3.05, 3.63) is 170 Å². The lowest BCUT2D eigenvalue weighted by Gasteiger charge is -2.26. The van der Waals surface area contributed by atoms with Crippen LogP contribution in [-0.2, 0) is 0 Å². The van der Waals surface area contributed by atoms with Crippen molar-refractivity contribution < 1.29 is 5.71 Å². The zero-order valence-electron chi connectivity index (χ0n) is 29.1. The van der Waals surface area contributed by atoms with Crippen LogP contribution in [0.1, 0.15) is 61.1 Å². The normalized spacial score (nSPS) is 9.30. The number of benzene rings is 6. The van der Waals surface area contributed by atoms with Gasteiger partial charge in [-0.05, 0) is 83.9 Å². The molecule has 6 rings (SSSR count). The molecule has 246 valence electrons. The summed E-state index contributed by atoms with van der Waals surface area (Å²) < 4.78 is 0. The van der Waals surface area contributed by atoms with Gasteiger partial charge in [0.15, 0.2) is 0 Å². The van der Waals surface area contributed by atoms with E-state index in [2.05, 4.69) is 180 Å². The Labute approximate surface area is 285 Å². The molecule has 6 aromatic carbocycles. The fraction of sp³-hybridized carbons (Fsp3) is 0.182. The third kappa shape index (κ3) is 9.97. The molecule has 0 spiro atoms. The molecule has 0 amide bonds. The summed E-state index contributed by atoms with van der Waals surface area (Å²) in [5, 5.41) is 0. The molecule has 46 heavy (non-hydrogen) atoms. The van der Waals surface area contributed by atoms with Crippen molar-refractivity contribution in [3.8, 4) is 11.1 Å². The van der Waals surface area contributed by atoms with Crippen LogP contribution < -0.4 is 9.80 Å². The molecule has 0 radical (unpaired) electrons. The van der Waals surface area contributed by atoms with Crippen LogP contribution >= 0.6 is 0 Å². The van der Waals surface area contributed by atoms with E-state index in [-0.39, 0.29) is 5.71 Å². The number of hydrogen-bond donors (Lipinski definition) is 0. The second kappa shape index (κ2) is 21.6. The lowest BCUT2D eigenvalue weighted by molar-refractivity contribution is 1.28. The molecule has 0 N–H and O–H groups in total. The Morgan fingerprint density at radius 1 is 0.239 bits per heavy atom. The highest BCUT2D eigenvalue weighted by Crippen LogP contribution is 2.37. The molecule has 6 aromatic rings. The van der Waals surface area contributed by atoms with Crippen LogP contribution in [0.25, 0.3) is 11.1 Å². The van der Waals surface area contributed by atoms with Crippen LogP contribution in [0.5, 0.6) is 0 Å². The Bertz CT molecular complexity index is 1380. The number of rotatable bonds is 7. The van der Waals surface area contributed by atoms with E-state index in [9.17, 15) is 0 Å². The van der Waals surface area contributed by atoms with Gasteiger partial charge in [-0.15, -0.1) is 0 Å². The molecule has 0 heterocycles. The number of anilines is 6. The fourth-order valence-corrected chi connectivity index (χ4v) is 4.81. The monoisotopic (exact) mass is 621 g/mol. The zero-order chi connectivity index (χ0) is 33.6. The lowest BCUT2D eigenvalue weighted by atomic mass is 10.0. The van der Waals surface area contributed by atoms with Crippen molar-refractivity contribution in [3.63, 3.8) is 0 Å². The average Bonchev–Trinajstić information content (AvgIpc) is 3.17. The Hall–Kier alpha value is -5.08. The van der Waals surface area contributed by atoms with Crippen molar-refractivity contribution in [1.29, 1.82) is 0 Å². The SMILES string of the molecule is CC.CC.CC.CC.[2HH].[2HH].[2HH].[2HH].c1ccc(N(c2ccccc2)c2ccc(-c3ccc(N(c4ccccc4)c4ccccc4)cc3)cc2)cc1. The summed E-state index contributed by atoms with van der Waals surface area (Å²) in [6.45, 7) is 16.0. The minimum absolute atomic E-state index is 0. The first-order chi connectivity index (χ1) is 22.9. The van der Waals surface area contributed by atoms with Gasteiger partial charge in [-0.2, -0.15) is 0 Å². The molecule has 2 nitrogen and oxygen atoms in total. The summed E-state index contributed by atoms with van der Waals surface area (Å²) in [6.07, 6.45) is 0. The highest BCUT2D eigenvalue weighted by molar-refractivity contribution is 5.80. The Morgan fingerprint density at radius 3 is 0.609 bits per heavy atom. The number of nitrogens with zero attached hydrogens (tertiary/aromatic N) is 2. The molecule has 0 saturated heterocycles. The van der Waals surface area contributed by atoms with E-state index >= 15 is 0 Å². The molecule has 0 aliphatic carbocycles. The molecule has 0 atom stereocenters. The molecule has 0 saturated carbocycles. The minimum atomic E-state index is 0. The van der Waals surface area contributed by atoms with Crippen molar-refractivity contribution in [2.75, 3.05) is 9.80 Å². The molecule has 0 aliphatic rings. The summed E-state index contributed by atoms with van der Waals surface area (Å²) >= 11 is 0. The summed E-state index contributed by atoms with van der Waals surface area (Å²) in [5.41, 5.74) is 9.18. The zero-order valence-corrected chi connectivity index (χ0v) is 29.1. The molecule has 0 aliphatic heterocycles. The van der Waals surface area contributed by atoms with Crippen LogP contribution in [-0.4, -0.2) is 0 Å². The van der Waals surface area contributed by atoms with Crippen molar-refractivity contribution >= 4 is 34.1 Å². The average molecular weight is 621 g/mol. The van der Waals surface area contributed by atoms with Gasteiger partial charge in [0.1, 0.15) is 0 Å². The van der Waals surface area contributed by atoms with Crippen LogP contribution in [0.3, 0.4) is 0 Å². The van der Waals surface area contributed by atoms with E-state index < -0.39 is 0 Å². The predicted molar refractivity (Wildman–Crippen MR) is 215 cm³/mol. The standard InChI is InChI=1S/C36H28N2.4C2H6.4H2/c1-5-13-31(14-6-1)37(32-15-7-2-8-16-32)35-25-21-29(22-26-35)30-23-27-36(28-24-30)38(33-17-9-3-10-18-33)34-19-11-4-12-20-34;4*1-2;;;;/h1-28H;4*1-2H3;4*1H/i;;;;;4*1+1. The van der Waals surface area contributed by atoms with E-state index in [1.807, 2.05) is 55.4 Å². The van der Waals surface area contributed by atoms with Gasteiger partial charge in [0, 0.05) is 39.8 Å². The van der Waals surface area contributed by atoms with Crippen molar-refractivity contribution in [2.24, 2.45) is 0 Å². The molecule has 0 bridgehead atoms. The second-order valence-electron chi connectivity index (χ2n) is 9.11. The first-order valence-electron chi connectivity index (χ1n) is 16.9. The lowest BCUT2D eigenvalue weighted by Crippen LogP contribution is -2.09. The molecule has 0 fully saturated rings. The van der Waals surface area contributed by atoms with Gasteiger partial charge in [-0.25, -0.2) is 0 Å². The fourth-order valence-electron chi connectivity index (χ4n) is 4.81. The van der Waals surface area contributed by atoms with E-state index in [1.165, 1.54) is 11.1 Å². The van der Waals surface area contributed by atoms with Gasteiger partial charge in [0.05, 0.1) is 0 Å². The summed E-state index contributed by atoms with van der Waals surface area (Å²) in [7, 11) is 0. The Kier molecular flexibility index (Phi) is 17.4. The highest BCUT2D eigenvalue weighted by Gasteiger charge is 2.14. The van der Waals surface area contributed by atoms with E-state index in [1.54, 1.807) is 0 Å². The third-order valence-electron chi connectivity index (χ3n) is 6.64. The summed E-state index contributed by atoms with van der Waals surface area (Å²) in [4.78, 5) is 4.56. The Balaban J connectivity index is -0.00000172. The maximum atomic E-state index is 2.28. The molecular weight excluding hydrogens is 556 g/mol. The second-order valence-corrected chi connectivity index (χ2v) is 9.11. The van der Waals surface area contributed by atoms with Crippen LogP contribution in [0, 0.1) is 0 Å². The van der Waals surface area contributed by atoms with Crippen LogP contribution in [0.4, 0.5) is 34.1 Å². The largest absolute Gasteiger partial charge is 0.311 e. The minimum Gasteiger partial charge on any atom is -0.311 e. The van der Waals surface area contributed by atoms with Crippen LogP contribution in [0.2, 0.25) is 0 Å². The topological polar surface area (TPSA) is 6.48 Å². The van der Waals surface area contributed by atoms with Gasteiger partial charge in [-0.3, -0.25) is 0 Å². The number of hydrogen-bond acceptors (Lipinski definition) is 2. The predicted octanol–water partition coefficient (Wildman–Crippen LogP) is 15.4. The first-order valence-corrected chi connectivity index (χ1v) is 16.9.